The quantitative estimate of drug-likeness (QED) is 0.186. The summed E-state index contributed by atoms with van der Waals surface area (Å²) in [6, 6.07) is 32.2. The average Bonchev–Trinajstić information content (AvgIpc) is 3.80. The molecule has 0 fully saturated rings. The normalized spacial score (nSPS) is 14.4. The molecule has 3 heterocycles. The van der Waals surface area contributed by atoms with Gasteiger partial charge in [-0.05, 0) is 35.4 Å². The summed E-state index contributed by atoms with van der Waals surface area (Å²) in [5.74, 6) is -0.747. The molecule has 10 aromatic rings. The summed E-state index contributed by atoms with van der Waals surface area (Å²) < 4.78 is 89.8. The highest BCUT2D eigenvalue weighted by Crippen LogP contribution is 2.42. The standard InChI is InChI=1S/C45H29N5/c1-4-15-30(16-5-1)33-21-14-22-34(29-33)49-39-25-12-10-23-35(39)37-27-28-38-36-24-11-13-26-40(36)50(42(38)41(37)49)45-47-43(31-17-6-2-7-18-31)46-44(48-45)32-19-8-3-9-20-32/h1-29H/i2D,3D,6D,7D,8D,9D,17D,18D,19D,20D. The fourth-order valence-corrected chi connectivity index (χ4v) is 6.84. The highest BCUT2D eigenvalue weighted by Gasteiger charge is 2.23. The summed E-state index contributed by atoms with van der Waals surface area (Å²) in [5.41, 5.74) is 5.30. The summed E-state index contributed by atoms with van der Waals surface area (Å²) in [5, 5.41) is 3.55. The number of fused-ring (bicyclic) bond motifs is 7. The molecular formula is C45H29N5. The van der Waals surface area contributed by atoms with Gasteiger partial charge in [0.2, 0.25) is 5.95 Å². The van der Waals surface area contributed by atoms with Crippen molar-refractivity contribution in [3.8, 4) is 45.5 Å². The minimum absolute atomic E-state index is 0.0674. The monoisotopic (exact) mass is 649 g/mol. The van der Waals surface area contributed by atoms with Gasteiger partial charge in [-0.2, -0.15) is 9.97 Å². The first-order valence-corrected chi connectivity index (χ1v) is 16.0. The van der Waals surface area contributed by atoms with Crippen molar-refractivity contribution in [1.29, 1.82) is 0 Å². The topological polar surface area (TPSA) is 48.5 Å². The SMILES string of the molecule is [2H]c1c([2H])c([2H])c(-c2nc(-c3c([2H])c([2H])c([2H])c([2H])c3[2H])nc(-n3c4ccccc4c4ccc5c6ccccc6n(-c6cccc(-c7ccccc7)c6)c5c43)n2)c([2H])c1[2H]. The lowest BCUT2D eigenvalue weighted by atomic mass is 10.1. The Balaban J connectivity index is 1.39. The van der Waals surface area contributed by atoms with Crippen LogP contribution in [-0.2, 0) is 0 Å². The van der Waals surface area contributed by atoms with Crippen LogP contribution in [0.25, 0.3) is 89.2 Å². The Kier molecular flexibility index (Phi) is 4.52. The zero-order valence-corrected chi connectivity index (χ0v) is 26.2. The van der Waals surface area contributed by atoms with Crippen molar-refractivity contribution in [3.63, 3.8) is 0 Å². The number of hydrogen-bond acceptors (Lipinski definition) is 3. The van der Waals surface area contributed by atoms with Crippen LogP contribution in [0.2, 0.25) is 0 Å². The van der Waals surface area contributed by atoms with Gasteiger partial charge in [0.25, 0.3) is 0 Å². The van der Waals surface area contributed by atoms with Gasteiger partial charge in [-0.1, -0.05) is 151 Å². The van der Waals surface area contributed by atoms with Gasteiger partial charge in [0, 0.05) is 38.4 Å². The first-order valence-electron chi connectivity index (χ1n) is 21.0. The summed E-state index contributed by atoms with van der Waals surface area (Å²) in [6.45, 7) is 0. The number of nitrogens with zero attached hydrogens (tertiary/aromatic N) is 5. The van der Waals surface area contributed by atoms with Crippen LogP contribution >= 0.6 is 0 Å². The summed E-state index contributed by atoms with van der Waals surface area (Å²) in [7, 11) is 0. The van der Waals surface area contributed by atoms with E-state index in [1.807, 2.05) is 77.4 Å². The third-order valence-corrected chi connectivity index (χ3v) is 8.95. The summed E-state index contributed by atoms with van der Waals surface area (Å²) >= 11 is 0. The maximum absolute atomic E-state index is 8.87. The maximum Gasteiger partial charge on any atom is 0.238 e. The van der Waals surface area contributed by atoms with E-state index in [1.54, 1.807) is 0 Å². The molecule has 3 aromatic heterocycles. The molecule has 5 heteroatoms. The molecule has 10 rings (SSSR count). The summed E-state index contributed by atoms with van der Waals surface area (Å²) in [4.78, 5) is 14.2. The molecule has 0 spiro atoms. The third-order valence-electron chi connectivity index (χ3n) is 8.95. The fourth-order valence-electron chi connectivity index (χ4n) is 6.84. The molecule has 0 atom stereocenters. The van der Waals surface area contributed by atoms with Gasteiger partial charge in [-0.3, -0.25) is 4.57 Å². The predicted molar refractivity (Wildman–Crippen MR) is 205 cm³/mol. The second-order valence-corrected chi connectivity index (χ2v) is 11.8. The van der Waals surface area contributed by atoms with Crippen LogP contribution in [0.3, 0.4) is 0 Å². The molecule has 7 aromatic carbocycles. The Labute approximate surface area is 302 Å². The Morgan fingerprint density at radius 3 is 1.54 bits per heavy atom. The van der Waals surface area contributed by atoms with Gasteiger partial charge in [0.05, 0.1) is 35.8 Å². The molecule has 0 N–H and O–H groups in total. The van der Waals surface area contributed by atoms with E-state index in [0.717, 1.165) is 49.4 Å². The third kappa shape index (κ3) is 4.45. The van der Waals surface area contributed by atoms with Crippen molar-refractivity contribution in [3.05, 3.63) is 176 Å². The van der Waals surface area contributed by atoms with E-state index in [9.17, 15) is 0 Å². The van der Waals surface area contributed by atoms with Gasteiger partial charge >= 0.3 is 0 Å². The largest absolute Gasteiger partial charge is 0.307 e. The average molecular weight is 650 g/mol. The van der Waals surface area contributed by atoms with Gasteiger partial charge in [-0.25, -0.2) is 4.98 Å². The Bertz CT molecular complexity index is 3310. The first-order chi connectivity index (χ1) is 29.0. The van der Waals surface area contributed by atoms with Crippen LogP contribution in [0, 0.1) is 0 Å². The van der Waals surface area contributed by atoms with Crippen molar-refractivity contribution in [2.24, 2.45) is 0 Å². The van der Waals surface area contributed by atoms with Crippen LogP contribution in [0.15, 0.2) is 176 Å². The minimum Gasteiger partial charge on any atom is -0.307 e. The number of aromatic nitrogens is 5. The molecule has 0 aliphatic heterocycles. The lowest BCUT2D eigenvalue weighted by Gasteiger charge is -2.14. The zero-order valence-electron chi connectivity index (χ0n) is 36.2. The van der Waals surface area contributed by atoms with E-state index < -0.39 is 60.4 Å². The Morgan fingerprint density at radius 2 is 0.920 bits per heavy atom. The highest BCUT2D eigenvalue weighted by atomic mass is 15.2. The van der Waals surface area contributed by atoms with E-state index in [1.165, 1.54) is 0 Å². The molecule has 0 aliphatic carbocycles. The molecule has 5 nitrogen and oxygen atoms in total. The van der Waals surface area contributed by atoms with Crippen molar-refractivity contribution < 1.29 is 13.7 Å². The van der Waals surface area contributed by atoms with Crippen LogP contribution in [0.5, 0.6) is 0 Å². The number of para-hydroxylation sites is 2. The van der Waals surface area contributed by atoms with Crippen molar-refractivity contribution in [2.75, 3.05) is 0 Å². The smallest absolute Gasteiger partial charge is 0.238 e. The molecule has 0 radical (unpaired) electrons. The lowest BCUT2D eigenvalue weighted by Crippen LogP contribution is -2.07. The van der Waals surface area contributed by atoms with E-state index >= 15 is 0 Å². The van der Waals surface area contributed by atoms with Gasteiger partial charge < -0.3 is 4.57 Å². The van der Waals surface area contributed by atoms with Crippen molar-refractivity contribution in [2.45, 2.75) is 0 Å². The second kappa shape index (κ2) is 11.4. The number of rotatable bonds is 5. The molecule has 0 bridgehead atoms. The number of hydrogen-bond donors (Lipinski definition) is 0. The molecule has 234 valence electrons. The minimum atomic E-state index is -0.613. The van der Waals surface area contributed by atoms with Crippen molar-refractivity contribution in [1.82, 2.24) is 24.1 Å². The van der Waals surface area contributed by atoms with E-state index in [-0.39, 0.29) is 28.7 Å². The Morgan fingerprint density at radius 1 is 0.400 bits per heavy atom. The van der Waals surface area contributed by atoms with Crippen LogP contribution in [0.1, 0.15) is 13.7 Å². The van der Waals surface area contributed by atoms with Crippen molar-refractivity contribution >= 4 is 43.6 Å². The van der Waals surface area contributed by atoms with E-state index in [0.29, 0.717) is 11.0 Å². The van der Waals surface area contributed by atoms with Gasteiger partial charge in [0.1, 0.15) is 0 Å². The molecule has 0 unspecified atom stereocenters. The molecule has 0 aliphatic rings. The van der Waals surface area contributed by atoms with E-state index in [4.69, 9.17) is 23.7 Å². The lowest BCUT2D eigenvalue weighted by molar-refractivity contribution is 0.953. The molecule has 50 heavy (non-hydrogen) atoms. The van der Waals surface area contributed by atoms with Crippen LogP contribution < -0.4 is 0 Å². The second-order valence-electron chi connectivity index (χ2n) is 11.8. The van der Waals surface area contributed by atoms with E-state index in [2.05, 4.69) is 52.0 Å². The zero-order chi connectivity index (χ0) is 41.7. The van der Waals surface area contributed by atoms with Crippen LogP contribution in [-0.4, -0.2) is 24.1 Å². The molecule has 0 saturated carbocycles. The Hall–Kier alpha value is -6.85. The van der Waals surface area contributed by atoms with Crippen LogP contribution in [0.4, 0.5) is 0 Å². The fraction of sp³-hybridized carbons (Fsp3) is 0. The molecule has 0 amide bonds. The maximum atomic E-state index is 8.87. The number of benzene rings is 7. The van der Waals surface area contributed by atoms with Gasteiger partial charge in [-0.15, -0.1) is 0 Å². The first kappa shape index (κ1) is 19.8. The predicted octanol–water partition coefficient (Wildman–Crippen LogP) is 11.1. The summed E-state index contributed by atoms with van der Waals surface area (Å²) in [6.07, 6.45) is 0. The molecule has 0 saturated heterocycles. The highest BCUT2D eigenvalue weighted by molar-refractivity contribution is 6.23. The molecular weight excluding hydrogens is 611 g/mol. The van der Waals surface area contributed by atoms with Gasteiger partial charge in [0.15, 0.2) is 11.6 Å².